The van der Waals surface area contributed by atoms with Gasteiger partial charge in [0.15, 0.2) is 0 Å². The number of carboxylic acid groups (broad SMARTS) is 2. The van der Waals surface area contributed by atoms with Crippen LogP contribution in [0.1, 0.15) is 122 Å². The minimum Gasteiger partial charge on any atom is -0.480 e. The molecule has 7 aromatic carbocycles. The Balaban J connectivity index is 0.000000184. The number of nitrogens with one attached hydrogen (secondary N) is 3. The molecule has 3 amide bonds. The molecule has 2 saturated carbocycles. The van der Waals surface area contributed by atoms with Crippen LogP contribution < -0.4 is 26.6 Å². The Morgan fingerprint density at radius 2 is 0.980 bits per heavy atom. The van der Waals surface area contributed by atoms with Crippen LogP contribution in [0.15, 0.2) is 188 Å². The monoisotopic (exact) mass is 1380 g/mol. The number of thiocarbonyl (C=S) groups is 2. The molecule has 20 heteroatoms. The molecule has 1 aliphatic heterocycles. The second kappa shape index (κ2) is 35.4. The van der Waals surface area contributed by atoms with E-state index in [1.807, 2.05) is 176 Å². The lowest BCUT2D eigenvalue weighted by molar-refractivity contribution is -0.143. The maximum atomic E-state index is 14.1. The van der Waals surface area contributed by atoms with Crippen molar-refractivity contribution in [2.75, 3.05) is 51.8 Å². The number of rotatable bonds is 26. The van der Waals surface area contributed by atoms with Crippen molar-refractivity contribution in [3.8, 4) is 11.1 Å². The van der Waals surface area contributed by atoms with Crippen molar-refractivity contribution in [3.05, 3.63) is 227 Å². The molecule has 0 radical (unpaired) electrons. The number of hydrogen-bond acceptors (Lipinski definition) is 13. The fourth-order valence-electron chi connectivity index (χ4n) is 14.1. The number of carboxylic acids is 2. The number of alkyl carbamates (subject to hydrolysis) is 1. The molecule has 99 heavy (non-hydrogen) atoms. The van der Waals surface area contributed by atoms with E-state index in [1.165, 1.54) is 14.0 Å². The highest BCUT2D eigenvalue weighted by atomic mass is 32.1. The van der Waals surface area contributed by atoms with Gasteiger partial charge in [0.25, 0.3) is 5.91 Å². The first kappa shape index (κ1) is 73.9. The number of nitrogens with zero attached hydrogens (tertiary/aromatic N) is 2. The smallest absolute Gasteiger partial charge is 0.407 e. The van der Waals surface area contributed by atoms with Crippen LogP contribution in [-0.2, 0) is 68.6 Å². The van der Waals surface area contributed by atoms with Gasteiger partial charge in [0.2, 0.25) is 5.91 Å². The van der Waals surface area contributed by atoms with Crippen molar-refractivity contribution in [1.29, 1.82) is 0 Å². The number of nitrogens with two attached hydrogens (primary N) is 1. The highest BCUT2D eigenvalue weighted by Gasteiger charge is 2.49. The van der Waals surface area contributed by atoms with Crippen molar-refractivity contribution in [2.24, 2.45) is 10.8 Å². The van der Waals surface area contributed by atoms with Gasteiger partial charge in [-0.25, -0.2) is 19.2 Å². The summed E-state index contributed by atoms with van der Waals surface area (Å²) in [6.45, 7) is 2.90. The Morgan fingerprint density at radius 3 is 1.45 bits per heavy atom. The molecule has 7 aromatic rings. The minimum atomic E-state index is -1.10. The molecule has 4 unspecified atom stereocenters. The lowest BCUT2D eigenvalue weighted by atomic mass is 9.82. The predicted octanol–water partition coefficient (Wildman–Crippen LogP) is 12.8. The van der Waals surface area contributed by atoms with Gasteiger partial charge < -0.3 is 55.7 Å². The number of amides is 3. The van der Waals surface area contributed by atoms with Gasteiger partial charge in [-0.2, -0.15) is 0 Å². The molecule has 1 saturated heterocycles. The number of hydrogen-bond donors (Lipinski definition) is 6. The second-order valence-electron chi connectivity index (χ2n) is 25.9. The number of methoxy groups -OCH3 is 3. The van der Waals surface area contributed by atoms with Gasteiger partial charge in [-0.1, -0.05) is 214 Å². The van der Waals surface area contributed by atoms with E-state index in [4.69, 9.17) is 49.1 Å². The number of carbonyl (C=O) groups excluding carboxylic acids is 4. The van der Waals surface area contributed by atoms with Crippen LogP contribution in [0.5, 0.6) is 0 Å². The van der Waals surface area contributed by atoms with Crippen molar-refractivity contribution in [3.63, 3.8) is 0 Å². The summed E-state index contributed by atoms with van der Waals surface area (Å²) in [5.41, 5.74) is 15.7. The van der Waals surface area contributed by atoms with E-state index in [1.54, 1.807) is 24.0 Å². The van der Waals surface area contributed by atoms with Crippen LogP contribution >= 0.6 is 24.4 Å². The van der Waals surface area contributed by atoms with E-state index >= 15 is 0 Å². The van der Waals surface area contributed by atoms with Crippen molar-refractivity contribution in [1.82, 2.24) is 20.9 Å². The number of anilines is 2. The summed E-state index contributed by atoms with van der Waals surface area (Å²) < 4.78 is 21.0. The summed E-state index contributed by atoms with van der Waals surface area (Å²) in [6.07, 6.45) is 10.0. The van der Waals surface area contributed by atoms with Crippen LogP contribution in [0, 0.1) is 10.8 Å². The Labute approximate surface area is 591 Å². The van der Waals surface area contributed by atoms with E-state index in [0.717, 1.165) is 119 Å². The summed E-state index contributed by atoms with van der Waals surface area (Å²) >= 11 is 11.5. The molecule has 5 atom stereocenters. The summed E-state index contributed by atoms with van der Waals surface area (Å²) in [7, 11) is 4.78. The molecule has 0 aromatic heterocycles. The third kappa shape index (κ3) is 18.9. The van der Waals surface area contributed by atoms with E-state index in [-0.39, 0.29) is 54.0 Å². The number of ether oxygens (including phenoxy) is 4. The van der Waals surface area contributed by atoms with Crippen molar-refractivity contribution >= 4 is 81.6 Å². The Kier molecular flexibility index (Phi) is 26.4. The first-order valence-corrected chi connectivity index (χ1v) is 34.6. The molecular formula is C79H90N6O12S2. The summed E-state index contributed by atoms with van der Waals surface area (Å²) in [5.74, 6) is -2.79. The maximum absolute atomic E-state index is 14.1. The SMILES string of the molecule is COCCC1(C(=S)NC(Cc2ccc(N)cc2)C(=O)OC)CCCC1.COCCC1(C(=S)NC(Cc2ccc(N3C(=O)[C@@H](Cc4ccccc4)N(C(C)=O)C3c3ccccc3)cc2)C(=O)O)CCCC1.O=C(NC(Cc1ccccc1)C(=O)O)OCC1c2ccccc2-c2ccccc21. The molecule has 3 aliphatic carbocycles. The lowest BCUT2D eigenvalue weighted by Crippen LogP contribution is -2.48. The van der Waals surface area contributed by atoms with Gasteiger partial charge in [-0.15, -0.1) is 0 Å². The minimum absolute atomic E-state index is 0.0643. The molecule has 11 rings (SSSR count). The van der Waals surface area contributed by atoms with Gasteiger partial charge in [0.05, 0.1) is 17.1 Å². The largest absolute Gasteiger partial charge is 0.480 e. The number of carbonyl (C=O) groups is 6. The number of nitrogen functional groups attached to an aromatic ring is 1. The Bertz CT molecular complexity index is 3830. The molecule has 18 nitrogen and oxygen atoms in total. The highest BCUT2D eigenvalue weighted by Crippen LogP contribution is 2.46. The summed E-state index contributed by atoms with van der Waals surface area (Å²) in [5, 5.41) is 28.5. The fourth-order valence-corrected chi connectivity index (χ4v) is 15.0. The van der Waals surface area contributed by atoms with Crippen molar-refractivity contribution in [2.45, 2.75) is 133 Å². The number of fused-ring (bicyclic) bond motifs is 3. The molecule has 4 aliphatic rings. The van der Waals surface area contributed by atoms with E-state index in [9.17, 15) is 39.0 Å². The fraction of sp³-hybridized carbons (Fsp3) is 0.367. The van der Waals surface area contributed by atoms with Crippen LogP contribution in [0.4, 0.5) is 16.2 Å². The Hall–Kier alpha value is -9.34. The van der Waals surface area contributed by atoms with Crippen LogP contribution in [0.3, 0.4) is 0 Å². The molecule has 3 fully saturated rings. The van der Waals surface area contributed by atoms with E-state index in [0.29, 0.717) is 42.4 Å². The maximum Gasteiger partial charge on any atom is 0.407 e. The quantitative estimate of drug-likeness (QED) is 0.0168. The van der Waals surface area contributed by atoms with E-state index < -0.39 is 48.4 Å². The standard InChI is InChI=1S/C36H41N3O5S.C24H21NO4.C19H28N2O3S/c1-25(40)38-31(24-26-11-5-3-6-12-26)33(41)39(32(38)28-13-7-4-8-14-28)29-17-15-27(16-18-29)23-30(34(42)43)37-35(45)36(21-22-44-2)19-9-10-20-36;26-23(27)22(14-16-8-2-1-3-9-16)25-24(28)29-15-21-19-12-6-4-10-17(19)18-11-5-7-13-20(18)21;1-23-12-11-19(9-3-4-10-19)18(25)21-16(17(22)24-2)13-14-5-7-15(20)8-6-14/h3-8,11-18,30-32H,9-10,19-24H2,1-2H3,(H,37,45)(H,42,43);1-13,21-22H,14-15H2,(H,25,28)(H,26,27);5-8,16H,3-4,9-13,20H2,1-2H3,(H,21,25)/t30?,31-,32?;;/m1../s1. The van der Waals surface area contributed by atoms with Gasteiger partial charge in [0, 0.05) is 88.2 Å². The first-order valence-electron chi connectivity index (χ1n) is 33.8. The molecule has 7 N–H and O–H groups in total. The molecule has 0 bridgehead atoms. The summed E-state index contributed by atoms with van der Waals surface area (Å²) in [6, 6.07) is 56.4. The van der Waals surface area contributed by atoms with Crippen LogP contribution in [0.2, 0.25) is 0 Å². The molecule has 520 valence electrons. The van der Waals surface area contributed by atoms with Gasteiger partial charge in [0.1, 0.15) is 36.9 Å². The molecule has 1 heterocycles. The third-order valence-corrected chi connectivity index (χ3v) is 20.5. The summed E-state index contributed by atoms with van der Waals surface area (Å²) in [4.78, 5) is 80.5. The zero-order chi connectivity index (χ0) is 70.5. The average Bonchev–Trinajstić information content (AvgIpc) is 1.61. The van der Waals surface area contributed by atoms with Gasteiger partial charge >= 0.3 is 24.0 Å². The number of benzene rings is 7. The molecule has 0 spiro atoms. The zero-order valence-electron chi connectivity index (χ0n) is 56.6. The number of esters is 1. The van der Waals surface area contributed by atoms with E-state index in [2.05, 4.69) is 28.1 Å². The molecular weight excluding hydrogens is 1290 g/mol. The van der Waals surface area contributed by atoms with Crippen LogP contribution in [-0.4, -0.2) is 126 Å². The number of aliphatic carboxylic acids is 2. The van der Waals surface area contributed by atoms with Crippen molar-refractivity contribution < 1.29 is 57.9 Å². The van der Waals surface area contributed by atoms with Gasteiger partial charge in [-0.05, 0) is 113 Å². The second-order valence-corrected chi connectivity index (χ2v) is 26.7. The zero-order valence-corrected chi connectivity index (χ0v) is 58.3. The highest BCUT2D eigenvalue weighted by molar-refractivity contribution is 7.80. The predicted molar refractivity (Wildman–Crippen MR) is 391 cm³/mol. The van der Waals surface area contributed by atoms with Gasteiger partial charge in [-0.3, -0.25) is 14.5 Å². The first-order chi connectivity index (χ1) is 47.9. The lowest BCUT2D eigenvalue weighted by Gasteiger charge is -2.32. The topological polar surface area (TPSA) is 248 Å². The normalized spacial score (nSPS) is 17.2. The Morgan fingerprint density at radius 1 is 0.556 bits per heavy atom. The third-order valence-electron chi connectivity index (χ3n) is 19.4. The average molecular weight is 1380 g/mol. The van der Waals surface area contributed by atoms with Crippen LogP contribution in [0.25, 0.3) is 11.1 Å².